The van der Waals surface area contributed by atoms with Crippen molar-refractivity contribution in [2.24, 2.45) is 0 Å². The minimum Gasteiger partial charge on any atom is -0.493 e. The first-order valence-corrected chi connectivity index (χ1v) is 8.56. The van der Waals surface area contributed by atoms with Gasteiger partial charge in [0.1, 0.15) is 0 Å². The predicted molar refractivity (Wildman–Crippen MR) is 90.0 cm³/mol. The van der Waals surface area contributed by atoms with Crippen LogP contribution in [-0.4, -0.2) is 66.4 Å². The minimum atomic E-state index is -0.155. The van der Waals surface area contributed by atoms with Gasteiger partial charge in [0.25, 0.3) is 0 Å². The van der Waals surface area contributed by atoms with Gasteiger partial charge in [0.2, 0.25) is 0 Å². The number of fused-ring (bicyclic) bond motifs is 1. The summed E-state index contributed by atoms with van der Waals surface area (Å²) in [7, 11) is 1.68. The molecule has 2 aliphatic heterocycles. The molecule has 1 aromatic carbocycles. The Hall–Kier alpha value is -1.30. The Kier molecular flexibility index (Phi) is 5.09. The fraction of sp³-hybridized carbons (Fsp3) is 0.667. The van der Waals surface area contributed by atoms with Crippen LogP contribution in [0.15, 0.2) is 18.2 Å². The first-order chi connectivity index (χ1) is 11.1. The molecule has 3 atom stereocenters. The Bertz CT molecular complexity index is 537. The summed E-state index contributed by atoms with van der Waals surface area (Å²) in [6.45, 7) is 8.68. The van der Waals surface area contributed by atoms with E-state index in [0.29, 0.717) is 18.7 Å². The molecule has 0 saturated carbocycles. The van der Waals surface area contributed by atoms with Crippen LogP contribution in [0.3, 0.4) is 0 Å². The van der Waals surface area contributed by atoms with Crippen molar-refractivity contribution in [1.82, 2.24) is 9.80 Å². The Morgan fingerprint density at radius 3 is 2.78 bits per heavy atom. The third-order valence-corrected chi connectivity index (χ3v) is 4.99. The molecule has 0 aromatic heterocycles. The van der Waals surface area contributed by atoms with E-state index in [1.54, 1.807) is 7.11 Å². The quantitative estimate of drug-likeness (QED) is 0.895. The van der Waals surface area contributed by atoms with Crippen LogP contribution in [0.2, 0.25) is 0 Å². The summed E-state index contributed by atoms with van der Waals surface area (Å²) >= 11 is 0. The van der Waals surface area contributed by atoms with Crippen LogP contribution >= 0.6 is 0 Å². The molecule has 5 heteroatoms. The van der Waals surface area contributed by atoms with Crippen molar-refractivity contribution in [2.45, 2.75) is 45.0 Å². The van der Waals surface area contributed by atoms with Gasteiger partial charge in [0, 0.05) is 38.3 Å². The van der Waals surface area contributed by atoms with Gasteiger partial charge in [-0.05, 0) is 38.0 Å². The second-order valence-corrected chi connectivity index (χ2v) is 6.69. The lowest BCUT2D eigenvalue weighted by Crippen LogP contribution is -2.54. The predicted octanol–water partition coefficient (Wildman–Crippen LogP) is 1.73. The smallest absolute Gasteiger partial charge is 0.161 e. The van der Waals surface area contributed by atoms with Gasteiger partial charge in [-0.2, -0.15) is 0 Å². The number of rotatable bonds is 5. The number of hydrogen-bond donors (Lipinski definition) is 1. The molecule has 0 radical (unpaired) electrons. The highest BCUT2D eigenvalue weighted by molar-refractivity contribution is 5.43. The lowest BCUT2D eigenvalue weighted by atomic mass is 10.1. The number of nitrogens with zero attached hydrogens (tertiary/aromatic N) is 2. The van der Waals surface area contributed by atoms with Crippen LogP contribution in [0.1, 0.15) is 25.8 Å². The van der Waals surface area contributed by atoms with Crippen LogP contribution < -0.4 is 9.47 Å². The molecule has 5 nitrogen and oxygen atoms in total. The molecule has 1 aromatic rings. The zero-order valence-electron chi connectivity index (χ0n) is 14.4. The molecule has 0 amide bonds. The molecule has 0 bridgehead atoms. The van der Waals surface area contributed by atoms with E-state index in [0.717, 1.165) is 44.1 Å². The van der Waals surface area contributed by atoms with Gasteiger partial charge in [0.15, 0.2) is 11.5 Å². The number of benzene rings is 1. The molecule has 2 heterocycles. The second kappa shape index (κ2) is 7.07. The zero-order valence-corrected chi connectivity index (χ0v) is 14.4. The summed E-state index contributed by atoms with van der Waals surface area (Å²) in [5.74, 6) is 1.60. The minimum absolute atomic E-state index is 0.155. The first-order valence-electron chi connectivity index (χ1n) is 8.56. The normalized spacial score (nSPS) is 28.6. The first kappa shape index (κ1) is 16.6. The Morgan fingerprint density at radius 1 is 1.22 bits per heavy atom. The maximum atomic E-state index is 9.88. The van der Waals surface area contributed by atoms with Gasteiger partial charge in [-0.25, -0.2) is 0 Å². The third kappa shape index (κ3) is 3.62. The lowest BCUT2D eigenvalue weighted by molar-refractivity contribution is 0.0528. The van der Waals surface area contributed by atoms with Crippen molar-refractivity contribution >= 4 is 0 Å². The number of aliphatic hydroxyl groups is 1. The van der Waals surface area contributed by atoms with E-state index in [2.05, 4.69) is 28.9 Å². The largest absolute Gasteiger partial charge is 0.493 e. The van der Waals surface area contributed by atoms with Gasteiger partial charge < -0.3 is 14.6 Å². The summed E-state index contributed by atoms with van der Waals surface area (Å²) in [4.78, 5) is 4.94. The molecule has 3 rings (SSSR count). The van der Waals surface area contributed by atoms with Crippen molar-refractivity contribution in [3.05, 3.63) is 23.8 Å². The van der Waals surface area contributed by atoms with Gasteiger partial charge >= 0.3 is 0 Å². The van der Waals surface area contributed by atoms with Crippen LogP contribution in [0.5, 0.6) is 11.5 Å². The van der Waals surface area contributed by atoms with Gasteiger partial charge in [-0.3, -0.25) is 9.80 Å². The van der Waals surface area contributed by atoms with E-state index < -0.39 is 0 Å². The fourth-order valence-electron chi connectivity index (χ4n) is 3.82. The third-order valence-electron chi connectivity index (χ3n) is 4.99. The molecular weight excluding hydrogens is 292 g/mol. The van der Waals surface area contributed by atoms with Crippen LogP contribution in [0.25, 0.3) is 0 Å². The summed E-state index contributed by atoms with van der Waals surface area (Å²) in [6.07, 6.45) is 0.744. The molecule has 2 fully saturated rings. The van der Waals surface area contributed by atoms with Crippen LogP contribution in [-0.2, 0) is 6.54 Å². The number of hydrogen-bond acceptors (Lipinski definition) is 5. The van der Waals surface area contributed by atoms with Crippen molar-refractivity contribution < 1.29 is 14.6 Å². The van der Waals surface area contributed by atoms with Crippen LogP contribution in [0, 0.1) is 0 Å². The average Bonchev–Trinajstić information content (AvgIpc) is 2.88. The van der Waals surface area contributed by atoms with Gasteiger partial charge in [-0.15, -0.1) is 0 Å². The molecule has 0 aliphatic carbocycles. The second-order valence-electron chi connectivity index (χ2n) is 6.69. The molecule has 2 aliphatic rings. The summed E-state index contributed by atoms with van der Waals surface area (Å²) in [5, 5.41) is 9.88. The zero-order chi connectivity index (χ0) is 16.4. The maximum absolute atomic E-state index is 9.88. The average molecular weight is 320 g/mol. The molecule has 23 heavy (non-hydrogen) atoms. The summed E-state index contributed by atoms with van der Waals surface area (Å²) in [6, 6.07) is 7.18. The summed E-state index contributed by atoms with van der Waals surface area (Å²) < 4.78 is 11.0. The highest BCUT2D eigenvalue weighted by Crippen LogP contribution is 2.30. The van der Waals surface area contributed by atoms with E-state index in [1.165, 1.54) is 5.56 Å². The van der Waals surface area contributed by atoms with Gasteiger partial charge in [-0.1, -0.05) is 6.07 Å². The molecule has 128 valence electrons. The SMILES string of the molecule is CCOc1ccc(CN2C[C@@H]3C[C@@H](O)CN3C[C@@H]2C)cc1OC. The van der Waals surface area contributed by atoms with Crippen molar-refractivity contribution in [3.63, 3.8) is 0 Å². The topological polar surface area (TPSA) is 45.2 Å². The molecule has 0 unspecified atom stereocenters. The van der Waals surface area contributed by atoms with Crippen molar-refractivity contribution in [2.75, 3.05) is 33.4 Å². The van der Waals surface area contributed by atoms with E-state index in [1.807, 2.05) is 13.0 Å². The van der Waals surface area contributed by atoms with E-state index in [9.17, 15) is 5.11 Å². The number of methoxy groups -OCH3 is 1. The monoisotopic (exact) mass is 320 g/mol. The van der Waals surface area contributed by atoms with Crippen molar-refractivity contribution in [1.29, 1.82) is 0 Å². The molecule has 0 spiro atoms. The number of aliphatic hydroxyl groups excluding tert-OH is 1. The molecule has 1 N–H and O–H groups in total. The highest BCUT2D eigenvalue weighted by Gasteiger charge is 2.37. The van der Waals surface area contributed by atoms with E-state index in [4.69, 9.17) is 9.47 Å². The summed E-state index contributed by atoms with van der Waals surface area (Å²) in [5.41, 5.74) is 1.24. The van der Waals surface area contributed by atoms with Crippen LogP contribution in [0.4, 0.5) is 0 Å². The lowest BCUT2D eigenvalue weighted by Gasteiger charge is -2.42. The van der Waals surface area contributed by atoms with Crippen molar-refractivity contribution in [3.8, 4) is 11.5 Å². The fourth-order valence-corrected chi connectivity index (χ4v) is 3.82. The molecule has 2 saturated heterocycles. The number of piperazine rings is 1. The Morgan fingerprint density at radius 2 is 2.04 bits per heavy atom. The highest BCUT2D eigenvalue weighted by atomic mass is 16.5. The standard InChI is InChI=1S/C18H28N2O3/c1-4-23-17-6-5-14(7-18(17)22-3)10-19-11-15-8-16(21)12-20(15)9-13(19)2/h5-7,13,15-16,21H,4,8-12H2,1-3H3/t13-,15-,16+/m0/s1. The Labute approximate surface area is 138 Å². The van der Waals surface area contributed by atoms with E-state index >= 15 is 0 Å². The number of ether oxygens (including phenoxy) is 2. The molecular formula is C18H28N2O3. The van der Waals surface area contributed by atoms with E-state index in [-0.39, 0.29) is 6.10 Å². The maximum Gasteiger partial charge on any atom is 0.161 e. The Balaban J connectivity index is 1.69. The van der Waals surface area contributed by atoms with Gasteiger partial charge in [0.05, 0.1) is 19.8 Å².